The Kier molecular flexibility index (Phi) is 5.78. The molecule has 1 unspecified atom stereocenters. The molecule has 0 N–H and O–H groups in total. The summed E-state index contributed by atoms with van der Waals surface area (Å²) < 4.78 is 0. The zero-order valence-electron chi connectivity index (χ0n) is 11.2. The monoisotopic (exact) mass is 198 g/mol. The number of hydrogen-bond donors (Lipinski definition) is 0. The Morgan fingerprint density at radius 2 is 1.14 bits per heavy atom. The molecule has 0 aromatic carbocycles. The van der Waals surface area contributed by atoms with Crippen LogP contribution in [0, 0.1) is 10.8 Å². The Morgan fingerprint density at radius 3 is 1.43 bits per heavy atom. The average Bonchev–Trinajstić information content (AvgIpc) is 2.18. The van der Waals surface area contributed by atoms with E-state index in [1.165, 1.54) is 38.5 Å². The van der Waals surface area contributed by atoms with E-state index in [2.05, 4.69) is 41.5 Å². The van der Waals surface area contributed by atoms with Crippen molar-refractivity contribution >= 4 is 0 Å². The third-order valence-electron chi connectivity index (χ3n) is 4.27. The minimum atomic E-state index is 0.569. The van der Waals surface area contributed by atoms with Crippen molar-refractivity contribution in [1.82, 2.24) is 0 Å². The van der Waals surface area contributed by atoms with Crippen LogP contribution in [0.1, 0.15) is 80.1 Å². The predicted molar refractivity (Wildman–Crippen MR) is 66.6 cm³/mol. The van der Waals surface area contributed by atoms with Crippen molar-refractivity contribution in [3.05, 3.63) is 0 Å². The largest absolute Gasteiger partial charge is 0.0654 e. The van der Waals surface area contributed by atoms with Crippen molar-refractivity contribution in [3.8, 4) is 0 Å². The van der Waals surface area contributed by atoms with E-state index in [9.17, 15) is 0 Å². The normalized spacial score (nSPS) is 16.7. The second-order valence-corrected chi connectivity index (χ2v) is 5.61. The summed E-state index contributed by atoms with van der Waals surface area (Å²) in [6.45, 7) is 14.3. The van der Waals surface area contributed by atoms with Crippen molar-refractivity contribution in [1.29, 1.82) is 0 Å². The molecule has 0 saturated heterocycles. The molecule has 0 rings (SSSR count). The molecule has 0 aliphatic heterocycles. The fourth-order valence-electron chi connectivity index (χ4n) is 2.52. The van der Waals surface area contributed by atoms with Crippen molar-refractivity contribution in [3.63, 3.8) is 0 Å². The summed E-state index contributed by atoms with van der Waals surface area (Å²) >= 11 is 0. The Morgan fingerprint density at radius 1 is 0.714 bits per heavy atom. The van der Waals surface area contributed by atoms with Crippen molar-refractivity contribution in [2.24, 2.45) is 10.8 Å². The van der Waals surface area contributed by atoms with Crippen molar-refractivity contribution in [2.45, 2.75) is 80.1 Å². The first-order chi connectivity index (χ1) is 6.45. The molecular formula is C14H30. The molecule has 86 valence electrons. The van der Waals surface area contributed by atoms with Gasteiger partial charge in [-0.15, -0.1) is 0 Å². The quantitative estimate of drug-likeness (QED) is 0.512. The summed E-state index contributed by atoms with van der Waals surface area (Å²) in [5.74, 6) is 0. The molecule has 0 heteroatoms. The lowest BCUT2D eigenvalue weighted by Gasteiger charge is -2.38. The molecule has 0 aromatic heterocycles. The summed E-state index contributed by atoms with van der Waals surface area (Å²) in [6.07, 6.45) is 8.09. The van der Waals surface area contributed by atoms with E-state index in [1.807, 2.05) is 0 Å². The third kappa shape index (κ3) is 4.02. The van der Waals surface area contributed by atoms with E-state index in [0.717, 1.165) is 0 Å². The Labute approximate surface area is 91.5 Å². The highest BCUT2D eigenvalue weighted by molar-refractivity contribution is 4.82. The van der Waals surface area contributed by atoms with Crippen LogP contribution in [0.2, 0.25) is 0 Å². The first-order valence-electron chi connectivity index (χ1n) is 6.45. The lowest BCUT2D eigenvalue weighted by molar-refractivity contribution is 0.132. The second kappa shape index (κ2) is 5.78. The molecule has 0 radical (unpaired) electrons. The van der Waals surface area contributed by atoms with E-state index in [0.29, 0.717) is 10.8 Å². The van der Waals surface area contributed by atoms with Gasteiger partial charge in [-0.25, -0.2) is 0 Å². The molecule has 1 atom stereocenters. The van der Waals surface area contributed by atoms with Gasteiger partial charge in [-0.3, -0.25) is 0 Å². The van der Waals surface area contributed by atoms with Crippen LogP contribution in [0.25, 0.3) is 0 Å². The molecule has 0 aliphatic carbocycles. The summed E-state index contributed by atoms with van der Waals surface area (Å²) in [6, 6.07) is 0. The van der Waals surface area contributed by atoms with Gasteiger partial charge < -0.3 is 0 Å². The summed E-state index contributed by atoms with van der Waals surface area (Å²) in [5, 5.41) is 0. The predicted octanol–water partition coefficient (Wildman–Crippen LogP) is 5.42. The van der Waals surface area contributed by atoms with Crippen LogP contribution in [0.5, 0.6) is 0 Å². The highest BCUT2D eigenvalue weighted by atomic mass is 14.4. The summed E-state index contributed by atoms with van der Waals surface area (Å²) in [5.41, 5.74) is 1.15. The van der Waals surface area contributed by atoms with Crippen LogP contribution in [0.15, 0.2) is 0 Å². The van der Waals surface area contributed by atoms with Gasteiger partial charge in [0.05, 0.1) is 0 Å². The van der Waals surface area contributed by atoms with Gasteiger partial charge in [0.2, 0.25) is 0 Å². The summed E-state index contributed by atoms with van der Waals surface area (Å²) in [7, 11) is 0. The van der Waals surface area contributed by atoms with E-state index in [-0.39, 0.29) is 0 Å². The topological polar surface area (TPSA) is 0 Å². The molecular weight excluding hydrogens is 168 g/mol. The zero-order valence-corrected chi connectivity index (χ0v) is 11.2. The number of hydrogen-bond acceptors (Lipinski definition) is 0. The molecule has 0 bridgehead atoms. The first-order valence-corrected chi connectivity index (χ1v) is 6.45. The van der Waals surface area contributed by atoms with E-state index in [1.54, 1.807) is 0 Å². The van der Waals surface area contributed by atoms with Crippen LogP contribution in [-0.2, 0) is 0 Å². The first kappa shape index (κ1) is 14.0. The highest BCUT2D eigenvalue weighted by Crippen LogP contribution is 2.43. The molecule has 14 heavy (non-hydrogen) atoms. The molecule has 0 amide bonds. The van der Waals surface area contributed by atoms with E-state index >= 15 is 0 Å². The highest BCUT2D eigenvalue weighted by Gasteiger charge is 2.31. The SMILES string of the molecule is CCCC(C)(CC)CC(C)(CC)CC. The second-order valence-electron chi connectivity index (χ2n) is 5.61. The van der Waals surface area contributed by atoms with Gasteiger partial charge in [0.15, 0.2) is 0 Å². The molecule has 0 fully saturated rings. The van der Waals surface area contributed by atoms with E-state index < -0.39 is 0 Å². The van der Waals surface area contributed by atoms with Gasteiger partial charge >= 0.3 is 0 Å². The van der Waals surface area contributed by atoms with Crippen LogP contribution >= 0.6 is 0 Å². The van der Waals surface area contributed by atoms with Crippen molar-refractivity contribution < 1.29 is 0 Å². The van der Waals surface area contributed by atoms with Gasteiger partial charge in [0.25, 0.3) is 0 Å². The fourth-order valence-corrected chi connectivity index (χ4v) is 2.52. The Hall–Kier alpha value is 0. The van der Waals surface area contributed by atoms with Crippen LogP contribution in [0.3, 0.4) is 0 Å². The third-order valence-corrected chi connectivity index (χ3v) is 4.27. The van der Waals surface area contributed by atoms with Crippen LogP contribution in [-0.4, -0.2) is 0 Å². The molecule has 0 aromatic rings. The fraction of sp³-hybridized carbons (Fsp3) is 1.00. The molecule has 0 aliphatic rings. The van der Waals surface area contributed by atoms with Crippen LogP contribution < -0.4 is 0 Å². The molecule has 0 spiro atoms. The molecule has 0 nitrogen and oxygen atoms in total. The standard InChI is InChI=1S/C14H30/c1-7-11-14(6,10-4)12-13(5,8-2)9-3/h7-12H2,1-6H3. The molecule has 0 heterocycles. The van der Waals surface area contributed by atoms with Crippen LogP contribution in [0.4, 0.5) is 0 Å². The lowest BCUT2D eigenvalue weighted by atomic mass is 9.67. The minimum Gasteiger partial charge on any atom is -0.0654 e. The minimum absolute atomic E-state index is 0.569. The van der Waals surface area contributed by atoms with E-state index in [4.69, 9.17) is 0 Å². The van der Waals surface area contributed by atoms with Crippen molar-refractivity contribution in [2.75, 3.05) is 0 Å². The van der Waals surface area contributed by atoms with Gasteiger partial charge in [-0.05, 0) is 23.7 Å². The smallest absolute Gasteiger partial charge is 0.0323 e. The maximum absolute atomic E-state index is 2.47. The summed E-state index contributed by atoms with van der Waals surface area (Å²) in [4.78, 5) is 0. The average molecular weight is 198 g/mol. The van der Waals surface area contributed by atoms with Gasteiger partial charge in [0, 0.05) is 0 Å². The lowest BCUT2D eigenvalue weighted by Crippen LogP contribution is -2.26. The number of rotatable bonds is 7. The maximum Gasteiger partial charge on any atom is -0.0323 e. The van der Waals surface area contributed by atoms with Gasteiger partial charge in [0.1, 0.15) is 0 Å². The molecule has 0 saturated carbocycles. The zero-order chi connectivity index (χ0) is 11.2. The van der Waals surface area contributed by atoms with Gasteiger partial charge in [-0.2, -0.15) is 0 Å². The van der Waals surface area contributed by atoms with Gasteiger partial charge in [-0.1, -0.05) is 67.2 Å². The Balaban J connectivity index is 4.41. The Bertz CT molecular complexity index is 144. The maximum atomic E-state index is 2.47.